The van der Waals surface area contributed by atoms with Gasteiger partial charge in [0.1, 0.15) is 11.5 Å². The zero-order chi connectivity index (χ0) is 14.3. The number of anilines is 1. The molecular weight excluding hydrogens is 248 g/mol. The summed E-state index contributed by atoms with van der Waals surface area (Å²) >= 11 is 0. The average Bonchev–Trinajstić information content (AvgIpc) is 2.47. The van der Waals surface area contributed by atoms with Crippen LogP contribution in [0, 0.1) is 0 Å². The van der Waals surface area contributed by atoms with Gasteiger partial charge in [0.25, 0.3) is 0 Å². The van der Waals surface area contributed by atoms with Crippen LogP contribution >= 0.6 is 0 Å². The molecule has 0 spiro atoms. The van der Waals surface area contributed by atoms with E-state index < -0.39 is 0 Å². The van der Waals surface area contributed by atoms with E-state index in [9.17, 15) is 0 Å². The van der Waals surface area contributed by atoms with E-state index in [-0.39, 0.29) is 19.3 Å². The molecule has 1 rings (SSSR count). The second-order valence-corrected chi connectivity index (χ2v) is 4.05. The fourth-order valence-corrected chi connectivity index (χ4v) is 1.74. The van der Waals surface area contributed by atoms with Crippen LogP contribution in [0.1, 0.15) is 5.56 Å². The molecule has 4 N–H and O–H groups in total. The second kappa shape index (κ2) is 7.83. The third kappa shape index (κ3) is 3.99. The Balaban J connectivity index is 2.96. The van der Waals surface area contributed by atoms with Crippen LogP contribution in [0.5, 0.6) is 11.5 Å². The largest absolute Gasteiger partial charge is 0.496 e. The summed E-state index contributed by atoms with van der Waals surface area (Å²) in [5, 5.41) is 24.2. The Hall–Kier alpha value is -1.50. The molecule has 0 amide bonds. The second-order valence-electron chi connectivity index (χ2n) is 4.05. The molecule has 0 aliphatic rings. The molecule has 1 aromatic carbocycles. The minimum Gasteiger partial charge on any atom is -0.496 e. The molecule has 0 bridgehead atoms. The molecule has 0 radical (unpaired) electrons. The zero-order valence-corrected chi connectivity index (χ0v) is 11.6. The maximum Gasteiger partial charge on any atom is 0.129 e. The number of nitrogens with one attached hydrogen (secondary N) is 2. The number of methoxy groups -OCH3 is 2. The number of benzene rings is 1. The summed E-state index contributed by atoms with van der Waals surface area (Å²) in [6.45, 7) is 0.174. The number of aliphatic hydroxyl groups is 2. The maximum absolute atomic E-state index is 9.04. The van der Waals surface area contributed by atoms with Crippen molar-refractivity contribution in [1.82, 2.24) is 5.32 Å². The first-order chi connectivity index (χ1) is 9.19. The van der Waals surface area contributed by atoms with Gasteiger partial charge in [0.15, 0.2) is 0 Å². The van der Waals surface area contributed by atoms with E-state index in [0.717, 1.165) is 11.3 Å². The van der Waals surface area contributed by atoms with Crippen molar-refractivity contribution in [2.45, 2.75) is 12.6 Å². The van der Waals surface area contributed by atoms with Crippen molar-refractivity contribution in [3.05, 3.63) is 17.7 Å². The van der Waals surface area contributed by atoms with E-state index in [2.05, 4.69) is 10.6 Å². The van der Waals surface area contributed by atoms with E-state index in [0.29, 0.717) is 18.0 Å². The van der Waals surface area contributed by atoms with Gasteiger partial charge in [-0.1, -0.05) is 0 Å². The molecule has 0 saturated carbocycles. The lowest BCUT2D eigenvalue weighted by atomic mass is 10.1. The Bertz CT molecular complexity index is 369. The fraction of sp³-hybridized carbons (Fsp3) is 0.538. The van der Waals surface area contributed by atoms with Crippen molar-refractivity contribution < 1.29 is 19.7 Å². The highest BCUT2D eigenvalue weighted by Gasteiger charge is 2.14. The van der Waals surface area contributed by atoms with Gasteiger partial charge in [0, 0.05) is 31.4 Å². The summed E-state index contributed by atoms with van der Waals surface area (Å²) in [5.74, 6) is 1.37. The van der Waals surface area contributed by atoms with Gasteiger partial charge in [0.2, 0.25) is 0 Å². The van der Waals surface area contributed by atoms with Crippen LogP contribution < -0.4 is 20.1 Å². The minimum absolute atomic E-state index is 0.129. The summed E-state index contributed by atoms with van der Waals surface area (Å²) in [6, 6.07) is 3.37. The van der Waals surface area contributed by atoms with Crippen LogP contribution in [-0.4, -0.2) is 50.7 Å². The summed E-state index contributed by atoms with van der Waals surface area (Å²) in [6.07, 6.45) is 0. The molecule has 0 unspecified atom stereocenters. The molecule has 108 valence electrons. The van der Waals surface area contributed by atoms with Gasteiger partial charge < -0.3 is 30.3 Å². The van der Waals surface area contributed by atoms with Crippen LogP contribution in [0.4, 0.5) is 5.69 Å². The SMILES string of the molecule is CNc1cc(OC)c(CNC(CO)CO)c(OC)c1. The van der Waals surface area contributed by atoms with Crippen molar-refractivity contribution in [1.29, 1.82) is 0 Å². The summed E-state index contributed by atoms with van der Waals surface area (Å²) in [5.41, 5.74) is 1.73. The van der Waals surface area contributed by atoms with Gasteiger partial charge in [-0.05, 0) is 0 Å². The quantitative estimate of drug-likeness (QED) is 0.540. The zero-order valence-electron chi connectivity index (χ0n) is 11.6. The molecule has 6 heteroatoms. The smallest absolute Gasteiger partial charge is 0.129 e. The lowest BCUT2D eigenvalue weighted by molar-refractivity contribution is 0.169. The van der Waals surface area contributed by atoms with Gasteiger partial charge in [-0.25, -0.2) is 0 Å². The Kier molecular flexibility index (Phi) is 6.41. The number of hydrogen-bond acceptors (Lipinski definition) is 6. The van der Waals surface area contributed by atoms with E-state index in [1.807, 2.05) is 19.2 Å². The third-order valence-corrected chi connectivity index (χ3v) is 2.90. The predicted molar refractivity (Wildman–Crippen MR) is 73.9 cm³/mol. The number of aliphatic hydroxyl groups excluding tert-OH is 2. The molecule has 1 aromatic rings. The highest BCUT2D eigenvalue weighted by Crippen LogP contribution is 2.32. The first kappa shape index (κ1) is 15.6. The number of ether oxygens (including phenoxy) is 2. The van der Waals surface area contributed by atoms with Gasteiger partial charge in [-0.2, -0.15) is 0 Å². The Morgan fingerprint density at radius 2 is 1.63 bits per heavy atom. The maximum atomic E-state index is 9.04. The lowest BCUT2D eigenvalue weighted by Gasteiger charge is -2.18. The molecule has 6 nitrogen and oxygen atoms in total. The van der Waals surface area contributed by atoms with Crippen LogP contribution in [0.2, 0.25) is 0 Å². The van der Waals surface area contributed by atoms with Crippen molar-refractivity contribution in [3.63, 3.8) is 0 Å². The van der Waals surface area contributed by atoms with Crippen molar-refractivity contribution in [3.8, 4) is 11.5 Å². The molecule has 0 heterocycles. The standard InChI is InChI=1S/C13H22N2O4/c1-14-9-4-12(18-2)11(13(5-9)19-3)6-15-10(7-16)8-17/h4-5,10,14-17H,6-8H2,1-3H3. The monoisotopic (exact) mass is 270 g/mol. The molecule has 0 atom stereocenters. The highest BCUT2D eigenvalue weighted by molar-refractivity contribution is 5.58. The average molecular weight is 270 g/mol. The summed E-state index contributed by atoms with van der Waals surface area (Å²) in [4.78, 5) is 0. The van der Waals surface area contributed by atoms with E-state index in [1.165, 1.54) is 0 Å². The first-order valence-electron chi connectivity index (χ1n) is 6.07. The van der Waals surface area contributed by atoms with Gasteiger partial charge in [0.05, 0.1) is 39.0 Å². The molecule has 0 aliphatic heterocycles. The Morgan fingerprint density at radius 3 is 2.00 bits per heavy atom. The summed E-state index contributed by atoms with van der Waals surface area (Å²) in [7, 11) is 5.00. The number of rotatable bonds is 8. The third-order valence-electron chi connectivity index (χ3n) is 2.90. The molecule has 0 fully saturated rings. The molecular formula is C13H22N2O4. The number of hydrogen-bond donors (Lipinski definition) is 4. The van der Waals surface area contributed by atoms with Gasteiger partial charge in [-0.3, -0.25) is 0 Å². The van der Waals surface area contributed by atoms with E-state index in [1.54, 1.807) is 14.2 Å². The van der Waals surface area contributed by atoms with E-state index in [4.69, 9.17) is 19.7 Å². The molecule has 0 aromatic heterocycles. The van der Waals surface area contributed by atoms with Crippen molar-refractivity contribution in [2.75, 3.05) is 39.8 Å². The van der Waals surface area contributed by atoms with E-state index >= 15 is 0 Å². The topological polar surface area (TPSA) is 83.0 Å². The van der Waals surface area contributed by atoms with Crippen molar-refractivity contribution >= 4 is 5.69 Å². The van der Waals surface area contributed by atoms with Crippen LogP contribution in [0.3, 0.4) is 0 Å². The minimum atomic E-state index is -0.363. The molecule has 19 heavy (non-hydrogen) atoms. The Labute approximate surface area is 113 Å². The molecule has 0 saturated heterocycles. The van der Waals surface area contributed by atoms with Crippen LogP contribution in [-0.2, 0) is 6.54 Å². The van der Waals surface area contributed by atoms with Crippen molar-refractivity contribution in [2.24, 2.45) is 0 Å². The predicted octanol–water partition coefficient (Wildman–Crippen LogP) is 0.188. The fourth-order valence-electron chi connectivity index (χ4n) is 1.74. The van der Waals surface area contributed by atoms with Crippen LogP contribution in [0.15, 0.2) is 12.1 Å². The first-order valence-corrected chi connectivity index (χ1v) is 6.07. The van der Waals surface area contributed by atoms with Gasteiger partial charge >= 0.3 is 0 Å². The normalized spacial score (nSPS) is 10.6. The highest BCUT2D eigenvalue weighted by atomic mass is 16.5. The lowest BCUT2D eigenvalue weighted by Crippen LogP contribution is -2.35. The van der Waals surface area contributed by atoms with Crippen LogP contribution in [0.25, 0.3) is 0 Å². The Morgan fingerprint density at radius 1 is 1.11 bits per heavy atom. The summed E-state index contributed by atoms with van der Waals surface area (Å²) < 4.78 is 10.7. The molecule has 0 aliphatic carbocycles. The van der Waals surface area contributed by atoms with Gasteiger partial charge in [-0.15, -0.1) is 0 Å².